The third kappa shape index (κ3) is 5.10. The molecule has 1 aliphatic heterocycles. The van der Waals surface area contributed by atoms with Crippen molar-refractivity contribution in [3.05, 3.63) is 60.2 Å². The van der Waals surface area contributed by atoms with Gasteiger partial charge in [-0.3, -0.25) is 9.59 Å². The Labute approximate surface area is 187 Å². The molecule has 0 bridgehead atoms. The van der Waals surface area contributed by atoms with Crippen molar-refractivity contribution in [3.63, 3.8) is 0 Å². The van der Waals surface area contributed by atoms with E-state index in [0.717, 1.165) is 12.8 Å². The van der Waals surface area contributed by atoms with Crippen molar-refractivity contribution in [2.45, 2.75) is 38.1 Å². The predicted molar refractivity (Wildman–Crippen MR) is 118 cm³/mol. The minimum atomic E-state index is -0.973. The molecule has 1 aliphatic carbocycles. The zero-order chi connectivity index (χ0) is 22.5. The number of benzene rings is 2. The Morgan fingerprint density at radius 1 is 0.938 bits per heavy atom. The lowest BCUT2D eigenvalue weighted by Crippen LogP contribution is -2.45. The van der Waals surface area contributed by atoms with Crippen molar-refractivity contribution < 1.29 is 24.2 Å². The first-order valence-electron chi connectivity index (χ1n) is 11.1. The van der Waals surface area contributed by atoms with Gasteiger partial charge in [0.15, 0.2) is 0 Å². The van der Waals surface area contributed by atoms with E-state index in [1.807, 2.05) is 30.3 Å². The maximum absolute atomic E-state index is 12.7. The molecule has 1 heterocycles. The fourth-order valence-corrected chi connectivity index (χ4v) is 4.81. The molecule has 2 N–H and O–H groups in total. The van der Waals surface area contributed by atoms with Gasteiger partial charge in [-0.25, -0.2) is 4.79 Å². The van der Waals surface area contributed by atoms with Crippen molar-refractivity contribution in [2.24, 2.45) is 11.8 Å². The lowest BCUT2D eigenvalue weighted by Gasteiger charge is -2.22. The average Bonchev–Trinajstić information content (AvgIpc) is 3.48. The molecule has 7 nitrogen and oxygen atoms in total. The number of likely N-dealkylation sites (tertiary alicyclic amines) is 1. The van der Waals surface area contributed by atoms with Crippen LogP contribution in [0.5, 0.6) is 11.5 Å². The molecule has 1 saturated carbocycles. The summed E-state index contributed by atoms with van der Waals surface area (Å²) in [7, 11) is 0. The molecule has 2 atom stereocenters. The number of carbonyl (C=O) groups is 3. The molecule has 0 radical (unpaired) electrons. The predicted octanol–water partition coefficient (Wildman–Crippen LogP) is 3.70. The minimum absolute atomic E-state index is 0.220. The Morgan fingerprint density at radius 3 is 2.25 bits per heavy atom. The number of hydrogen-bond donors (Lipinski definition) is 2. The maximum atomic E-state index is 12.7. The number of para-hydroxylation sites is 1. The zero-order valence-corrected chi connectivity index (χ0v) is 17.9. The second kappa shape index (κ2) is 9.85. The number of hydrogen-bond acceptors (Lipinski definition) is 4. The van der Waals surface area contributed by atoms with E-state index in [4.69, 9.17) is 4.74 Å². The van der Waals surface area contributed by atoms with Crippen LogP contribution >= 0.6 is 0 Å². The molecule has 168 valence electrons. The minimum Gasteiger partial charge on any atom is -0.480 e. The topological polar surface area (TPSA) is 95.9 Å². The van der Waals surface area contributed by atoms with Crippen LogP contribution in [0.25, 0.3) is 0 Å². The number of amides is 2. The molecular weight excluding hydrogens is 408 g/mol. The van der Waals surface area contributed by atoms with Gasteiger partial charge in [0, 0.05) is 12.1 Å². The standard InChI is InChI=1S/C25H28N2O5/c28-23(27-16-19(14-22(27)25(30)31)17-6-4-5-7-17)15-26-24(29)18-10-12-21(13-11-18)32-20-8-2-1-3-9-20/h1-3,8-13,17,19,22H,4-7,14-16H2,(H,26,29)(H,30,31)/t19-,22-/m0/s1. The molecule has 2 aromatic carbocycles. The highest BCUT2D eigenvalue weighted by molar-refractivity contribution is 5.97. The molecular formula is C25H28N2O5. The van der Waals surface area contributed by atoms with Gasteiger partial charge in [-0.05, 0) is 54.7 Å². The van der Waals surface area contributed by atoms with Crippen LogP contribution in [0.2, 0.25) is 0 Å². The highest BCUT2D eigenvalue weighted by atomic mass is 16.5. The third-order valence-corrected chi connectivity index (χ3v) is 6.50. The van der Waals surface area contributed by atoms with Crippen LogP contribution in [0.15, 0.2) is 54.6 Å². The zero-order valence-electron chi connectivity index (χ0n) is 17.9. The number of carbonyl (C=O) groups excluding carboxylic acids is 2. The quantitative estimate of drug-likeness (QED) is 0.690. The summed E-state index contributed by atoms with van der Waals surface area (Å²) in [5.74, 6) is 0.321. The van der Waals surface area contributed by atoms with Crippen LogP contribution in [-0.2, 0) is 9.59 Å². The Kier molecular flexibility index (Phi) is 6.73. The molecule has 2 aromatic rings. The van der Waals surface area contributed by atoms with Crippen molar-refractivity contribution in [1.82, 2.24) is 10.2 Å². The van der Waals surface area contributed by atoms with Crippen LogP contribution in [0.1, 0.15) is 42.5 Å². The monoisotopic (exact) mass is 436 g/mol. The van der Waals surface area contributed by atoms with Gasteiger partial charge in [-0.15, -0.1) is 0 Å². The number of ether oxygens (including phenoxy) is 1. The van der Waals surface area contributed by atoms with Gasteiger partial charge in [-0.1, -0.05) is 43.9 Å². The molecule has 7 heteroatoms. The Bertz CT molecular complexity index is 954. The van der Waals surface area contributed by atoms with Crippen molar-refractivity contribution in [2.75, 3.05) is 13.1 Å². The summed E-state index contributed by atoms with van der Waals surface area (Å²) in [5, 5.41) is 12.2. The van der Waals surface area contributed by atoms with Crippen LogP contribution in [0.4, 0.5) is 0 Å². The van der Waals surface area contributed by atoms with Gasteiger partial charge in [0.05, 0.1) is 6.54 Å². The van der Waals surface area contributed by atoms with Crippen LogP contribution < -0.4 is 10.1 Å². The first-order chi connectivity index (χ1) is 15.5. The molecule has 4 rings (SSSR count). The molecule has 0 unspecified atom stereocenters. The molecule has 2 aliphatic rings. The maximum Gasteiger partial charge on any atom is 0.326 e. The first kappa shape index (κ1) is 21.9. The molecule has 0 aromatic heterocycles. The fraction of sp³-hybridized carbons (Fsp3) is 0.400. The van der Waals surface area contributed by atoms with Crippen molar-refractivity contribution >= 4 is 17.8 Å². The van der Waals surface area contributed by atoms with Crippen LogP contribution in [-0.4, -0.2) is 46.9 Å². The molecule has 2 fully saturated rings. The van der Waals surface area contributed by atoms with E-state index in [1.165, 1.54) is 17.7 Å². The number of rotatable bonds is 7. The first-order valence-corrected chi connectivity index (χ1v) is 11.1. The second-order valence-electron chi connectivity index (χ2n) is 8.56. The normalized spacial score (nSPS) is 20.8. The van der Waals surface area contributed by atoms with E-state index in [1.54, 1.807) is 24.3 Å². The largest absolute Gasteiger partial charge is 0.480 e. The number of nitrogens with zero attached hydrogens (tertiary/aromatic N) is 1. The van der Waals surface area contributed by atoms with Gasteiger partial charge in [-0.2, -0.15) is 0 Å². The van der Waals surface area contributed by atoms with E-state index < -0.39 is 12.0 Å². The van der Waals surface area contributed by atoms with E-state index in [9.17, 15) is 19.5 Å². The van der Waals surface area contributed by atoms with Gasteiger partial charge >= 0.3 is 5.97 Å². The SMILES string of the molecule is O=C(NCC(=O)N1C[C@@H](C2CCCC2)C[C@H]1C(=O)O)c1ccc(Oc2ccccc2)cc1. The smallest absolute Gasteiger partial charge is 0.326 e. The van der Waals surface area contributed by atoms with Gasteiger partial charge < -0.3 is 20.1 Å². The fourth-order valence-electron chi connectivity index (χ4n) is 4.81. The second-order valence-corrected chi connectivity index (χ2v) is 8.56. The summed E-state index contributed by atoms with van der Waals surface area (Å²) >= 11 is 0. The lowest BCUT2D eigenvalue weighted by molar-refractivity contribution is -0.147. The van der Waals surface area contributed by atoms with E-state index in [2.05, 4.69) is 5.32 Å². The molecule has 0 spiro atoms. The summed E-state index contributed by atoms with van der Waals surface area (Å²) in [4.78, 5) is 38.4. The Morgan fingerprint density at radius 2 is 1.59 bits per heavy atom. The number of aliphatic carboxylic acids is 1. The van der Waals surface area contributed by atoms with Crippen molar-refractivity contribution in [3.8, 4) is 11.5 Å². The van der Waals surface area contributed by atoms with Gasteiger partial charge in [0.25, 0.3) is 5.91 Å². The van der Waals surface area contributed by atoms with Crippen molar-refractivity contribution in [1.29, 1.82) is 0 Å². The van der Waals surface area contributed by atoms with Gasteiger partial charge in [0.2, 0.25) is 5.91 Å². The highest BCUT2D eigenvalue weighted by Gasteiger charge is 2.42. The van der Waals surface area contributed by atoms with Crippen LogP contribution in [0.3, 0.4) is 0 Å². The van der Waals surface area contributed by atoms with E-state index in [0.29, 0.717) is 35.9 Å². The highest BCUT2D eigenvalue weighted by Crippen LogP contribution is 2.38. The summed E-state index contributed by atoms with van der Waals surface area (Å²) < 4.78 is 5.72. The third-order valence-electron chi connectivity index (χ3n) is 6.50. The summed E-state index contributed by atoms with van der Waals surface area (Å²) in [6, 6.07) is 15.2. The summed E-state index contributed by atoms with van der Waals surface area (Å²) in [6.45, 7) is 0.240. The Hall–Kier alpha value is -3.35. The molecule has 2 amide bonds. The number of carboxylic acids is 1. The average molecular weight is 437 g/mol. The Balaban J connectivity index is 1.31. The van der Waals surface area contributed by atoms with Crippen LogP contribution in [0, 0.1) is 11.8 Å². The van der Waals surface area contributed by atoms with Gasteiger partial charge in [0.1, 0.15) is 17.5 Å². The number of nitrogens with one attached hydrogen (secondary N) is 1. The summed E-state index contributed by atoms with van der Waals surface area (Å²) in [6.07, 6.45) is 5.08. The van der Waals surface area contributed by atoms with E-state index >= 15 is 0 Å². The number of carboxylic acid groups (broad SMARTS) is 1. The van der Waals surface area contributed by atoms with E-state index in [-0.39, 0.29) is 24.3 Å². The molecule has 32 heavy (non-hydrogen) atoms. The summed E-state index contributed by atoms with van der Waals surface area (Å²) in [5.41, 5.74) is 0.401. The molecule has 1 saturated heterocycles. The lowest BCUT2D eigenvalue weighted by atomic mass is 9.89.